The van der Waals surface area contributed by atoms with Crippen LogP contribution in [0.15, 0.2) is 0 Å². The highest BCUT2D eigenvalue weighted by atomic mass is 19.4. The number of hydrogen-bond donors (Lipinski definition) is 0. The first-order chi connectivity index (χ1) is 13.3. The number of alkyl halides is 15. The van der Waals surface area contributed by atoms with Crippen LogP contribution < -0.4 is 0 Å². The fraction of sp³-hybridized carbons (Fsp3) is 0.600. The lowest BCUT2D eigenvalue weighted by Crippen LogP contribution is -2.38. The smallest absolute Gasteiger partial charge is 0.166 e. The Hall–Kier alpha value is -1.77. The fourth-order valence-corrected chi connectivity index (χ4v) is 3.02. The molecule has 1 rings (SSSR count). The van der Waals surface area contributed by atoms with Crippen molar-refractivity contribution in [1.29, 1.82) is 0 Å². The molecule has 0 nitrogen and oxygen atoms in total. The minimum Gasteiger partial charge on any atom is -0.166 e. The molecule has 0 radical (unpaired) electrons. The molecule has 0 saturated heterocycles. The second-order valence-corrected chi connectivity index (χ2v) is 6.98. The normalized spacial score (nSPS) is 16.4. The minimum absolute atomic E-state index is 0.459. The third-order valence-corrected chi connectivity index (χ3v) is 4.48. The SMILES string of the molecule is BC(C)(CC)c1c(C(F)(F)F)c(C(F)(F)F)c(C(F)(F)F)c(C(F)(F)F)c1C(F)(F)F. The van der Waals surface area contributed by atoms with Gasteiger partial charge in [-0.05, 0) is 10.9 Å². The summed E-state index contributed by atoms with van der Waals surface area (Å²) in [4.78, 5) is 0. The van der Waals surface area contributed by atoms with Gasteiger partial charge in [-0.25, -0.2) is 0 Å². The van der Waals surface area contributed by atoms with Crippen molar-refractivity contribution in [2.45, 2.75) is 56.5 Å². The Morgan fingerprint density at radius 2 is 0.613 bits per heavy atom. The molecule has 0 aliphatic heterocycles. The molecule has 0 aliphatic rings. The van der Waals surface area contributed by atoms with E-state index in [-0.39, 0.29) is 0 Å². The van der Waals surface area contributed by atoms with Gasteiger partial charge in [-0.3, -0.25) is 0 Å². The van der Waals surface area contributed by atoms with Gasteiger partial charge in [0.15, 0.2) is 0 Å². The summed E-state index contributed by atoms with van der Waals surface area (Å²) in [5.74, 6) is 0. The van der Waals surface area contributed by atoms with E-state index >= 15 is 0 Å². The summed E-state index contributed by atoms with van der Waals surface area (Å²) in [6.45, 7) is 1.30. The summed E-state index contributed by atoms with van der Waals surface area (Å²) in [6, 6.07) is 0. The lowest BCUT2D eigenvalue weighted by atomic mass is 9.60. The van der Waals surface area contributed by atoms with Crippen molar-refractivity contribution in [2.75, 3.05) is 0 Å². The largest absolute Gasteiger partial charge is 0.417 e. The van der Waals surface area contributed by atoms with E-state index in [4.69, 9.17) is 0 Å². The van der Waals surface area contributed by atoms with Gasteiger partial charge in [0, 0.05) is 0 Å². The Bertz CT molecular complexity index is 778. The van der Waals surface area contributed by atoms with Gasteiger partial charge < -0.3 is 0 Å². The highest BCUT2D eigenvalue weighted by Crippen LogP contribution is 2.58. The summed E-state index contributed by atoms with van der Waals surface area (Å²) in [7, 11) is 0.459. The first-order valence-corrected chi connectivity index (χ1v) is 7.90. The molecule has 16 heteroatoms. The van der Waals surface area contributed by atoms with Crippen LogP contribution >= 0.6 is 0 Å². The molecule has 0 bridgehead atoms. The fourth-order valence-electron chi connectivity index (χ4n) is 3.02. The Morgan fingerprint density at radius 3 is 0.742 bits per heavy atom. The molecule has 31 heavy (non-hydrogen) atoms. The van der Waals surface area contributed by atoms with Crippen molar-refractivity contribution in [3.8, 4) is 0 Å². The van der Waals surface area contributed by atoms with E-state index in [1.54, 1.807) is 0 Å². The lowest BCUT2D eigenvalue weighted by Gasteiger charge is -2.36. The van der Waals surface area contributed by atoms with Gasteiger partial charge in [-0.15, -0.1) is 0 Å². The van der Waals surface area contributed by atoms with E-state index in [0.29, 0.717) is 14.8 Å². The van der Waals surface area contributed by atoms with Crippen LogP contribution in [0, 0.1) is 0 Å². The first kappa shape index (κ1) is 27.3. The molecule has 0 saturated carbocycles. The Kier molecular flexibility index (Phi) is 6.50. The Balaban J connectivity index is 4.90. The van der Waals surface area contributed by atoms with Crippen LogP contribution in [-0.2, 0) is 36.2 Å². The molecular formula is C15H10BF15. The van der Waals surface area contributed by atoms with Crippen molar-refractivity contribution in [3.05, 3.63) is 33.4 Å². The van der Waals surface area contributed by atoms with Crippen molar-refractivity contribution in [2.24, 2.45) is 0 Å². The maximum atomic E-state index is 13.6. The van der Waals surface area contributed by atoms with Crippen molar-refractivity contribution < 1.29 is 65.9 Å². The highest BCUT2D eigenvalue weighted by molar-refractivity contribution is 6.16. The van der Waals surface area contributed by atoms with E-state index in [9.17, 15) is 65.9 Å². The molecule has 0 aliphatic carbocycles. The average Bonchev–Trinajstić information content (AvgIpc) is 2.47. The molecule has 0 heterocycles. The van der Waals surface area contributed by atoms with E-state index in [0.717, 1.165) is 6.92 Å². The van der Waals surface area contributed by atoms with Crippen LogP contribution in [-0.4, -0.2) is 7.85 Å². The summed E-state index contributed by atoms with van der Waals surface area (Å²) in [6.07, 6.45) is -34.3. The lowest BCUT2D eigenvalue weighted by molar-refractivity contribution is -0.189. The Labute approximate surface area is 164 Å². The third kappa shape index (κ3) is 5.18. The standard InChI is InChI=1S/C15H10BF15/c1-3-10(2,16)4-5(11(17,18)19)7(13(23,24)25)9(15(29,30)31)8(14(26,27)28)6(4)12(20,21)22/h3,16H2,1-2H3. The molecular weight excluding hydrogens is 476 g/mol. The summed E-state index contributed by atoms with van der Waals surface area (Å²) >= 11 is 0. The minimum atomic E-state index is -6.87. The molecule has 1 aromatic rings. The zero-order chi connectivity index (χ0) is 25.2. The molecule has 0 aromatic heterocycles. The summed E-state index contributed by atoms with van der Waals surface area (Å²) in [5, 5.41) is -2.69. The number of benzene rings is 1. The van der Waals surface area contributed by atoms with Crippen LogP contribution in [0.25, 0.3) is 0 Å². The van der Waals surface area contributed by atoms with Crippen molar-refractivity contribution in [3.63, 3.8) is 0 Å². The van der Waals surface area contributed by atoms with E-state index < -0.39 is 76.0 Å². The highest BCUT2D eigenvalue weighted by Gasteiger charge is 2.61. The molecule has 0 spiro atoms. The maximum absolute atomic E-state index is 13.6. The van der Waals surface area contributed by atoms with Gasteiger partial charge in [0.05, 0.1) is 27.8 Å². The molecule has 1 aromatic carbocycles. The third-order valence-electron chi connectivity index (χ3n) is 4.48. The van der Waals surface area contributed by atoms with Crippen LogP contribution in [0.1, 0.15) is 53.6 Å². The molecule has 0 amide bonds. The van der Waals surface area contributed by atoms with Gasteiger partial charge in [0.2, 0.25) is 0 Å². The number of hydrogen-bond acceptors (Lipinski definition) is 0. The van der Waals surface area contributed by atoms with E-state index in [2.05, 4.69) is 0 Å². The Morgan fingerprint density at radius 1 is 0.452 bits per heavy atom. The zero-order valence-electron chi connectivity index (χ0n) is 15.4. The summed E-state index contributed by atoms with van der Waals surface area (Å²) < 4.78 is 202. The van der Waals surface area contributed by atoms with Crippen LogP contribution in [0.2, 0.25) is 0 Å². The zero-order valence-corrected chi connectivity index (χ0v) is 15.4. The predicted octanol–water partition coefficient (Wildman–Crippen LogP) is 7.04. The maximum Gasteiger partial charge on any atom is 0.417 e. The topological polar surface area (TPSA) is 0 Å². The van der Waals surface area contributed by atoms with Gasteiger partial charge in [0.1, 0.15) is 7.85 Å². The van der Waals surface area contributed by atoms with E-state index in [1.165, 1.54) is 0 Å². The predicted molar refractivity (Wildman–Crippen MR) is 77.6 cm³/mol. The molecule has 0 fully saturated rings. The molecule has 0 N–H and O–H groups in total. The van der Waals surface area contributed by atoms with Crippen molar-refractivity contribution in [1.82, 2.24) is 0 Å². The molecule has 1 unspecified atom stereocenters. The summed E-state index contributed by atoms with van der Waals surface area (Å²) in [5.41, 5.74) is -21.3. The molecule has 178 valence electrons. The van der Waals surface area contributed by atoms with Crippen LogP contribution in [0.3, 0.4) is 0 Å². The van der Waals surface area contributed by atoms with Crippen molar-refractivity contribution >= 4 is 7.85 Å². The van der Waals surface area contributed by atoms with Crippen LogP contribution in [0.5, 0.6) is 0 Å². The molecule has 1 atom stereocenters. The first-order valence-electron chi connectivity index (χ1n) is 7.90. The average molecular weight is 486 g/mol. The quantitative estimate of drug-likeness (QED) is 0.311. The van der Waals surface area contributed by atoms with Gasteiger partial charge in [0.25, 0.3) is 0 Å². The van der Waals surface area contributed by atoms with Crippen LogP contribution in [0.4, 0.5) is 65.9 Å². The second kappa shape index (κ2) is 7.39. The van der Waals surface area contributed by atoms with Gasteiger partial charge in [-0.1, -0.05) is 20.3 Å². The number of rotatable bonds is 2. The van der Waals surface area contributed by atoms with Gasteiger partial charge >= 0.3 is 30.9 Å². The van der Waals surface area contributed by atoms with E-state index in [1.807, 2.05) is 0 Å². The second-order valence-electron chi connectivity index (χ2n) is 6.98. The monoisotopic (exact) mass is 486 g/mol. The van der Waals surface area contributed by atoms with Gasteiger partial charge in [-0.2, -0.15) is 65.9 Å². The number of halogens is 15.